The highest BCUT2D eigenvalue weighted by molar-refractivity contribution is 5.93. The van der Waals surface area contributed by atoms with E-state index in [0.29, 0.717) is 18.2 Å². The van der Waals surface area contributed by atoms with Crippen molar-refractivity contribution in [2.75, 3.05) is 12.4 Å². The van der Waals surface area contributed by atoms with Gasteiger partial charge in [-0.2, -0.15) is 4.98 Å². The van der Waals surface area contributed by atoms with Crippen molar-refractivity contribution in [2.45, 2.75) is 25.8 Å². The maximum atomic E-state index is 8.54. The molecule has 7 heteroatoms. The smallest absolute Gasteiger partial charge is 0.239 e. The predicted octanol–water partition coefficient (Wildman–Crippen LogP) is 3.89. The molecule has 2 aromatic carbocycles. The summed E-state index contributed by atoms with van der Waals surface area (Å²) >= 11 is 0. The van der Waals surface area contributed by atoms with E-state index < -0.39 is 0 Å². The van der Waals surface area contributed by atoms with Crippen LogP contribution in [-0.2, 0) is 19.4 Å². The Morgan fingerprint density at radius 3 is 2.81 bits per heavy atom. The molecule has 0 amide bonds. The monoisotopic (exact) mass is 412 g/mol. The number of hydrogen-bond donors (Lipinski definition) is 3. The third-order valence-corrected chi connectivity index (χ3v) is 5.55. The fourth-order valence-electron chi connectivity index (χ4n) is 4.03. The van der Waals surface area contributed by atoms with Crippen LogP contribution < -0.4 is 15.7 Å². The lowest BCUT2D eigenvalue weighted by molar-refractivity contribution is 0.419. The Kier molecular flexibility index (Phi) is 5.00. The van der Waals surface area contributed by atoms with Crippen LogP contribution in [0.1, 0.15) is 23.4 Å². The van der Waals surface area contributed by atoms with Crippen molar-refractivity contribution in [3.05, 3.63) is 83.3 Å². The molecule has 0 spiro atoms. The average molecular weight is 412 g/mol. The van der Waals surface area contributed by atoms with Crippen molar-refractivity contribution >= 4 is 16.7 Å². The first-order valence-electron chi connectivity index (χ1n) is 10.4. The number of imidazole rings is 1. The summed E-state index contributed by atoms with van der Waals surface area (Å²) < 4.78 is 7.41. The van der Waals surface area contributed by atoms with Gasteiger partial charge in [-0.05, 0) is 30.5 Å². The summed E-state index contributed by atoms with van der Waals surface area (Å²) in [5.41, 5.74) is 4.26. The second-order valence-corrected chi connectivity index (χ2v) is 7.52. The molecule has 0 saturated carbocycles. The number of aromatic nitrogens is 4. The zero-order valence-electron chi connectivity index (χ0n) is 17.4. The second-order valence-electron chi connectivity index (χ2n) is 7.52. The van der Waals surface area contributed by atoms with E-state index in [1.807, 2.05) is 41.0 Å². The minimum Gasteiger partial charge on any atom is -0.494 e. The topological polar surface area (TPSA) is 91.6 Å². The molecule has 0 bridgehead atoms. The van der Waals surface area contributed by atoms with Crippen LogP contribution in [0.25, 0.3) is 16.9 Å². The number of hydrogen-bond acceptors (Lipinski definition) is 5. The number of benzene rings is 2. The summed E-state index contributed by atoms with van der Waals surface area (Å²) in [6.07, 6.45) is 6.87. The molecule has 31 heavy (non-hydrogen) atoms. The molecule has 0 atom stereocenters. The van der Waals surface area contributed by atoms with Crippen LogP contribution in [0.2, 0.25) is 0 Å². The van der Waals surface area contributed by atoms with Crippen LogP contribution in [0.5, 0.6) is 5.75 Å². The predicted molar refractivity (Wildman–Crippen MR) is 121 cm³/mol. The van der Waals surface area contributed by atoms with Gasteiger partial charge in [-0.1, -0.05) is 48.6 Å². The maximum absolute atomic E-state index is 8.54. The minimum atomic E-state index is 0.281. The molecular formula is C24H24N6O. The lowest BCUT2D eigenvalue weighted by Gasteiger charge is -2.14. The summed E-state index contributed by atoms with van der Waals surface area (Å²) in [5.74, 6) is 1.87. The molecule has 0 aliphatic heterocycles. The fourth-order valence-corrected chi connectivity index (χ4v) is 4.03. The Morgan fingerprint density at radius 2 is 1.97 bits per heavy atom. The normalized spacial score (nSPS) is 13.1. The first-order chi connectivity index (χ1) is 15.2. The van der Waals surface area contributed by atoms with Gasteiger partial charge in [-0.15, -0.1) is 0 Å². The number of methoxy groups -OCH3 is 1. The van der Waals surface area contributed by atoms with Gasteiger partial charge in [0.05, 0.1) is 7.11 Å². The van der Waals surface area contributed by atoms with Crippen molar-refractivity contribution in [1.82, 2.24) is 19.5 Å². The molecular weight excluding hydrogens is 388 g/mol. The maximum Gasteiger partial charge on any atom is 0.239 e. The molecule has 156 valence electrons. The van der Waals surface area contributed by atoms with Crippen LogP contribution in [-0.4, -0.2) is 26.6 Å². The summed E-state index contributed by atoms with van der Waals surface area (Å²) in [7, 11) is 1.64. The summed E-state index contributed by atoms with van der Waals surface area (Å²) in [5, 5.41) is 12.9. The quantitative estimate of drug-likeness (QED) is 0.434. The number of fused-ring (bicyclic) bond motifs is 2. The van der Waals surface area contributed by atoms with Gasteiger partial charge >= 0.3 is 0 Å². The number of H-pyrrole nitrogens is 1. The molecule has 3 N–H and O–H groups in total. The number of para-hydroxylation sites is 1. The standard InChI is InChI=1S/C24H24N6O/c1-31-20-14-8-11-17-21(20)28-24(29-22(17)26-15-16-9-4-2-5-10-16)30-19-13-7-3-6-12-18(19)27-23(30)25/h2-6,8-11,14H,7,12-13,15H2,1H3,(H2,25,27)(H,26,28,29). The second kappa shape index (κ2) is 8.10. The van der Waals surface area contributed by atoms with E-state index in [0.717, 1.165) is 52.9 Å². The Balaban J connectivity index is 1.66. The lowest BCUT2D eigenvalue weighted by atomic mass is 10.2. The number of nitrogens with one attached hydrogen (secondary N) is 3. The van der Waals surface area contributed by atoms with E-state index in [-0.39, 0.29) is 5.62 Å². The van der Waals surface area contributed by atoms with Gasteiger partial charge in [-0.3, -0.25) is 9.98 Å². The van der Waals surface area contributed by atoms with Gasteiger partial charge in [0.15, 0.2) is 0 Å². The Hall–Kier alpha value is -3.87. The number of anilines is 1. The molecule has 2 aromatic heterocycles. The van der Waals surface area contributed by atoms with Crippen LogP contribution in [0, 0.1) is 5.41 Å². The summed E-state index contributed by atoms with van der Waals surface area (Å²) in [4.78, 5) is 12.9. The molecule has 5 rings (SSSR count). The Labute approximate surface area is 180 Å². The zero-order valence-corrected chi connectivity index (χ0v) is 17.4. The van der Waals surface area contributed by atoms with Crippen molar-refractivity contribution in [3.8, 4) is 11.7 Å². The zero-order chi connectivity index (χ0) is 21.2. The third kappa shape index (κ3) is 3.59. The highest BCUT2D eigenvalue weighted by Crippen LogP contribution is 2.29. The van der Waals surface area contributed by atoms with Gasteiger partial charge in [-0.25, -0.2) is 4.98 Å². The first kappa shape index (κ1) is 19.1. The van der Waals surface area contributed by atoms with E-state index >= 15 is 0 Å². The molecule has 2 heterocycles. The van der Waals surface area contributed by atoms with Gasteiger partial charge in [0.1, 0.15) is 17.1 Å². The SMILES string of the molecule is COc1cccc2c(NCc3ccccc3)nc(-n3c4c([nH]c3=N)CC=CCC4)nc12. The lowest BCUT2D eigenvalue weighted by Crippen LogP contribution is -2.20. The highest BCUT2D eigenvalue weighted by atomic mass is 16.5. The highest BCUT2D eigenvalue weighted by Gasteiger charge is 2.19. The molecule has 0 fully saturated rings. The van der Waals surface area contributed by atoms with E-state index in [1.165, 1.54) is 0 Å². The molecule has 0 saturated heterocycles. The van der Waals surface area contributed by atoms with Crippen LogP contribution >= 0.6 is 0 Å². The number of rotatable bonds is 5. The number of ether oxygens (including phenoxy) is 1. The van der Waals surface area contributed by atoms with Crippen LogP contribution in [0.3, 0.4) is 0 Å². The largest absolute Gasteiger partial charge is 0.494 e. The average Bonchev–Trinajstić information content (AvgIpc) is 2.95. The molecule has 0 radical (unpaired) electrons. The van der Waals surface area contributed by atoms with Crippen LogP contribution in [0.15, 0.2) is 60.7 Å². The van der Waals surface area contributed by atoms with Crippen molar-refractivity contribution < 1.29 is 4.74 Å². The molecule has 1 aliphatic carbocycles. The van der Waals surface area contributed by atoms with E-state index in [4.69, 9.17) is 20.1 Å². The minimum absolute atomic E-state index is 0.281. The van der Waals surface area contributed by atoms with Crippen molar-refractivity contribution in [2.24, 2.45) is 0 Å². The number of nitrogens with zero attached hydrogens (tertiary/aromatic N) is 3. The molecule has 1 aliphatic rings. The summed E-state index contributed by atoms with van der Waals surface area (Å²) in [6.45, 7) is 0.636. The van der Waals surface area contributed by atoms with Gasteiger partial charge in [0, 0.05) is 29.7 Å². The van der Waals surface area contributed by atoms with Gasteiger partial charge < -0.3 is 15.0 Å². The third-order valence-electron chi connectivity index (χ3n) is 5.55. The fraction of sp³-hybridized carbons (Fsp3) is 0.208. The number of aromatic amines is 1. The first-order valence-corrected chi connectivity index (χ1v) is 10.4. The molecule has 0 unspecified atom stereocenters. The van der Waals surface area contributed by atoms with E-state index in [1.54, 1.807) is 7.11 Å². The molecule has 7 nitrogen and oxygen atoms in total. The van der Waals surface area contributed by atoms with Gasteiger partial charge in [0.2, 0.25) is 11.6 Å². The van der Waals surface area contributed by atoms with Gasteiger partial charge in [0.25, 0.3) is 0 Å². The van der Waals surface area contributed by atoms with E-state index in [9.17, 15) is 0 Å². The van der Waals surface area contributed by atoms with E-state index in [2.05, 4.69) is 34.6 Å². The number of allylic oxidation sites excluding steroid dienone is 2. The van der Waals surface area contributed by atoms with Crippen molar-refractivity contribution in [1.29, 1.82) is 5.41 Å². The Bertz CT molecular complexity index is 1320. The molecule has 4 aromatic rings. The van der Waals surface area contributed by atoms with Crippen molar-refractivity contribution in [3.63, 3.8) is 0 Å². The Morgan fingerprint density at radius 1 is 1.10 bits per heavy atom. The van der Waals surface area contributed by atoms with Crippen LogP contribution in [0.4, 0.5) is 5.82 Å². The summed E-state index contributed by atoms with van der Waals surface area (Å²) in [6, 6.07) is 16.0.